The number of pyridine rings is 1. The molecule has 118 valence electrons. The Bertz CT molecular complexity index is 702. The third kappa shape index (κ3) is 3.48. The molecular formula is C16H19N7. The van der Waals surface area contributed by atoms with Gasteiger partial charge in [-0.05, 0) is 25.1 Å². The van der Waals surface area contributed by atoms with E-state index < -0.39 is 0 Å². The summed E-state index contributed by atoms with van der Waals surface area (Å²) in [5.41, 5.74) is 0.642. The van der Waals surface area contributed by atoms with Crippen molar-refractivity contribution in [1.82, 2.24) is 15.0 Å². The highest BCUT2D eigenvalue weighted by Gasteiger charge is 2.19. The second kappa shape index (κ2) is 6.92. The third-order valence-electron chi connectivity index (χ3n) is 3.78. The fourth-order valence-electron chi connectivity index (χ4n) is 2.59. The summed E-state index contributed by atoms with van der Waals surface area (Å²) in [4.78, 5) is 17.6. The first-order chi connectivity index (χ1) is 11.3. The molecule has 1 aliphatic rings. The number of hydrogen-bond donors (Lipinski definition) is 1. The summed E-state index contributed by atoms with van der Waals surface area (Å²) >= 11 is 0. The Kier molecular flexibility index (Phi) is 4.52. The lowest BCUT2D eigenvalue weighted by Crippen LogP contribution is -2.47. The summed E-state index contributed by atoms with van der Waals surface area (Å²) in [5.74, 6) is 2.46. The van der Waals surface area contributed by atoms with Crippen LogP contribution in [-0.4, -0.2) is 47.7 Å². The molecule has 0 aliphatic carbocycles. The molecule has 0 spiro atoms. The Morgan fingerprint density at radius 2 is 1.78 bits per heavy atom. The van der Waals surface area contributed by atoms with Gasteiger partial charge in [0.2, 0.25) is 5.95 Å². The van der Waals surface area contributed by atoms with Gasteiger partial charge in [-0.3, -0.25) is 0 Å². The quantitative estimate of drug-likeness (QED) is 0.916. The van der Waals surface area contributed by atoms with E-state index in [0.29, 0.717) is 11.5 Å². The molecule has 1 saturated heterocycles. The minimum Gasteiger partial charge on any atom is -0.354 e. The Morgan fingerprint density at radius 3 is 2.48 bits per heavy atom. The predicted molar refractivity (Wildman–Crippen MR) is 89.6 cm³/mol. The maximum atomic E-state index is 9.00. The molecule has 1 N–H and O–H groups in total. The van der Waals surface area contributed by atoms with Gasteiger partial charge in [0.25, 0.3) is 0 Å². The van der Waals surface area contributed by atoms with Crippen LogP contribution >= 0.6 is 0 Å². The molecule has 0 amide bonds. The fourth-order valence-corrected chi connectivity index (χ4v) is 2.59. The lowest BCUT2D eigenvalue weighted by atomic mass is 10.2. The van der Waals surface area contributed by atoms with Crippen LogP contribution in [0.2, 0.25) is 0 Å². The van der Waals surface area contributed by atoms with Gasteiger partial charge in [-0.15, -0.1) is 0 Å². The van der Waals surface area contributed by atoms with E-state index in [1.165, 1.54) is 0 Å². The molecule has 0 unspecified atom stereocenters. The minimum absolute atomic E-state index is 0.642. The maximum Gasteiger partial charge on any atom is 0.224 e. The van der Waals surface area contributed by atoms with Crippen molar-refractivity contribution in [3.8, 4) is 6.07 Å². The number of piperazine rings is 1. The summed E-state index contributed by atoms with van der Waals surface area (Å²) in [6.45, 7) is 6.25. The number of aromatic nitrogens is 3. The lowest BCUT2D eigenvalue weighted by molar-refractivity contribution is 0.641. The first kappa shape index (κ1) is 15.0. The Hall–Kier alpha value is -2.88. The van der Waals surface area contributed by atoms with Crippen molar-refractivity contribution < 1.29 is 0 Å². The summed E-state index contributed by atoms with van der Waals surface area (Å²) in [6.07, 6.45) is 3.47. The van der Waals surface area contributed by atoms with Crippen molar-refractivity contribution in [3.05, 3.63) is 36.2 Å². The molecule has 2 aromatic rings. The molecule has 0 bridgehead atoms. The summed E-state index contributed by atoms with van der Waals surface area (Å²) in [5, 5.41) is 12.1. The molecular weight excluding hydrogens is 290 g/mol. The Morgan fingerprint density at radius 1 is 1.09 bits per heavy atom. The normalized spacial score (nSPS) is 14.4. The van der Waals surface area contributed by atoms with Crippen LogP contribution in [0.25, 0.3) is 0 Å². The van der Waals surface area contributed by atoms with Gasteiger partial charge in [0.1, 0.15) is 11.6 Å². The minimum atomic E-state index is 0.642. The van der Waals surface area contributed by atoms with Gasteiger partial charge in [-0.1, -0.05) is 0 Å². The first-order valence-electron chi connectivity index (χ1n) is 7.73. The van der Waals surface area contributed by atoms with Crippen molar-refractivity contribution in [3.63, 3.8) is 0 Å². The smallest absolute Gasteiger partial charge is 0.224 e. The zero-order valence-electron chi connectivity index (χ0n) is 13.1. The standard InChI is InChI=1S/C16H19N7/c1-2-18-16-20-6-4-14(21-16)22-7-9-23(10-8-22)15-11-13(12-17)3-5-19-15/h3-6,11H,2,7-10H2,1H3,(H,18,20,21). The largest absolute Gasteiger partial charge is 0.354 e. The highest BCUT2D eigenvalue weighted by Crippen LogP contribution is 2.18. The molecule has 2 aromatic heterocycles. The first-order valence-corrected chi connectivity index (χ1v) is 7.73. The molecule has 1 aliphatic heterocycles. The van der Waals surface area contributed by atoms with Gasteiger partial charge in [-0.2, -0.15) is 10.2 Å². The van der Waals surface area contributed by atoms with Crippen molar-refractivity contribution in [1.29, 1.82) is 5.26 Å². The zero-order valence-corrected chi connectivity index (χ0v) is 13.1. The third-order valence-corrected chi connectivity index (χ3v) is 3.78. The van der Waals surface area contributed by atoms with Crippen molar-refractivity contribution in [2.24, 2.45) is 0 Å². The van der Waals surface area contributed by atoms with Crippen LogP contribution in [-0.2, 0) is 0 Å². The van der Waals surface area contributed by atoms with Gasteiger partial charge in [0.15, 0.2) is 0 Å². The number of rotatable bonds is 4. The van der Waals surface area contributed by atoms with E-state index in [1.807, 2.05) is 19.1 Å². The molecule has 23 heavy (non-hydrogen) atoms. The highest BCUT2D eigenvalue weighted by atomic mass is 15.3. The van der Waals surface area contributed by atoms with Crippen LogP contribution in [0.1, 0.15) is 12.5 Å². The Labute approximate surface area is 135 Å². The number of nitrogens with zero attached hydrogens (tertiary/aromatic N) is 6. The molecule has 3 rings (SSSR count). The fraction of sp³-hybridized carbons (Fsp3) is 0.375. The molecule has 0 saturated carbocycles. The molecule has 7 nitrogen and oxygen atoms in total. The lowest BCUT2D eigenvalue weighted by Gasteiger charge is -2.36. The molecule has 1 fully saturated rings. The second-order valence-electron chi connectivity index (χ2n) is 5.26. The summed E-state index contributed by atoms with van der Waals surface area (Å²) < 4.78 is 0. The number of anilines is 3. The van der Waals surface area contributed by atoms with Gasteiger partial charge in [-0.25, -0.2) is 9.97 Å². The van der Waals surface area contributed by atoms with Crippen molar-refractivity contribution in [2.45, 2.75) is 6.92 Å². The van der Waals surface area contributed by atoms with Gasteiger partial charge in [0.05, 0.1) is 11.6 Å². The van der Waals surface area contributed by atoms with Gasteiger partial charge >= 0.3 is 0 Å². The number of nitrogens with one attached hydrogen (secondary N) is 1. The monoisotopic (exact) mass is 309 g/mol. The highest BCUT2D eigenvalue weighted by molar-refractivity contribution is 5.48. The van der Waals surface area contributed by atoms with Crippen LogP contribution in [0.4, 0.5) is 17.6 Å². The van der Waals surface area contributed by atoms with Gasteiger partial charge in [0, 0.05) is 45.1 Å². The summed E-state index contributed by atoms with van der Waals surface area (Å²) in [6, 6.07) is 7.66. The van der Waals surface area contributed by atoms with Crippen molar-refractivity contribution in [2.75, 3.05) is 47.8 Å². The molecule has 7 heteroatoms. The van der Waals surface area contributed by atoms with E-state index in [2.05, 4.69) is 36.1 Å². The molecule has 3 heterocycles. The van der Waals surface area contributed by atoms with Crippen LogP contribution in [0.5, 0.6) is 0 Å². The van der Waals surface area contributed by atoms with Crippen LogP contribution in [0.3, 0.4) is 0 Å². The van der Waals surface area contributed by atoms with E-state index in [9.17, 15) is 0 Å². The average Bonchev–Trinajstić information content (AvgIpc) is 2.62. The number of hydrogen-bond acceptors (Lipinski definition) is 7. The van der Waals surface area contributed by atoms with Gasteiger partial charge < -0.3 is 15.1 Å². The molecule has 0 atom stereocenters. The summed E-state index contributed by atoms with van der Waals surface area (Å²) in [7, 11) is 0. The van der Waals surface area contributed by atoms with Crippen LogP contribution in [0, 0.1) is 11.3 Å². The second-order valence-corrected chi connectivity index (χ2v) is 5.26. The van der Waals surface area contributed by atoms with E-state index in [0.717, 1.165) is 44.4 Å². The maximum absolute atomic E-state index is 9.00. The number of nitriles is 1. The average molecular weight is 309 g/mol. The molecule has 0 radical (unpaired) electrons. The van der Waals surface area contributed by atoms with E-state index in [1.54, 1.807) is 18.5 Å². The molecule has 0 aromatic carbocycles. The SMILES string of the molecule is CCNc1nccc(N2CCN(c3cc(C#N)ccn3)CC2)n1. The topological polar surface area (TPSA) is 81.0 Å². The van der Waals surface area contributed by atoms with E-state index in [4.69, 9.17) is 5.26 Å². The van der Waals surface area contributed by atoms with E-state index in [-0.39, 0.29) is 0 Å². The van der Waals surface area contributed by atoms with Crippen LogP contribution in [0.15, 0.2) is 30.6 Å². The predicted octanol–water partition coefficient (Wildman–Crippen LogP) is 1.50. The van der Waals surface area contributed by atoms with Crippen LogP contribution < -0.4 is 15.1 Å². The van der Waals surface area contributed by atoms with Crippen molar-refractivity contribution >= 4 is 17.6 Å². The van der Waals surface area contributed by atoms with E-state index >= 15 is 0 Å². The zero-order chi connectivity index (χ0) is 16.1. The Balaban J connectivity index is 1.66.